The van der Waals surface area contributed by atoms with Gasteiger partial charge in [-0.25, -0.2) is 4.79 Å². The Bertz CT molecular complexity index is 1470. The minimum Gasteiger partial charge on any atom is -0.477 e. The number of carboxylic acids is 1. The lowest BCUT2D eigenvalue weighted by molar-refractivity contribution is -0.378. The summed E-state index contributed by atoms with van der Waals surface area (Å²) in [5, 5.41) is 134. The average molecular weight is 876 g/mol. The van der Waals surface area contributed by atoms with E-state index >= 15 is 0 Å². The number of carboxylic acid groups (broad SMARTS) is 1. The fraction of sp³-hybridized carbons (Fsp3) is 0.882. The molecular weight excluding hydrogens is 818 g/mol. The minimum absolute atomic E-state index is 0.601. The number of carbonyl (C=O) groups excluding carboxylic acids is 3. The van der Waals surface area contributed by atoms with E-state index in [1.54, 1.807) is 0 Å². The number of hydrogen-bond donors (Lipinski definition) is 15. The van der Waals surface area contributed by atoms with Gasteiger partial charge in [-0.2, -0.15) is 0 Å². The summed E-state index contributed by atoms with van der Waals surface area (Å²) in [5.41, 5.74) is 0. The number of nitrogens with one attached hydrogen (secondary N) is 3. The fourth-order valence-corrected chi connectivity index (χ4v) is 7.60. The van der Waals surface area contributed by atoms with Crippen molar-refractivity contribution in [2.75, 3.05) is 26.4 Å². The maximum Gasteiger partial charge on any atom is 0.364 e. The molecule has 0 radical (unpaired) electrons. The Morgan fingerprint density at radius 2 is 1.23 bits per heavy atom. The van der Waals surface area contributed by atoms with E-state index in [9.17, 15) is 80.5 Å². The Hall–Kier alpha value is -2.84. The lowest BCUT2D eigenvalue weighted by Gasteiger charge is -2.51. The zero-order valence-electron chi connectivity index (χ0n) is 32.9. The second-order valence-corrected chi connectivity index (χ2v) is 15.1. The van der Waals surface area contributed by atoms with Crippen LogP contribution in [0.5, 0.6) is 0 Å². The molecular formula is C34H57N3O23. The van der Waals surface area contributed by atoms with Gasteiger partial charge in [0.1, 0.15) is 85.4 Å². The van der Waals surface area contributed by atoms with E-state index in [1.807, 2.05) is 0 Å². The SMILES string of the molecule is CC(=O)NC1[C@H](OCC2O[C@H](C)C(NC(C)=O)[C@@H](O[C@@H]3OC(CO)[C@H](O)[C@H](O[C@]4(C(=O)O)CC(O)[C@@H](NC(C)=O)C([C@H](O)[C@H](O)CO)O4)C3O)[C@H]2O)OC(CO)[C@@H](O)[C@@H]1O. The molecule has 346 valence electrons. The lowest BCUT2D eigenvalue weighted by atomic mass is 9.88. The number of aliphatic hydroxyl groups is 11. The van der Waals surface area contributed by atoms with Crippen LogP contribution in [0.4, 0.5) is 0 Å². The number of aliphatic carboxylic acids is 1. The summed E-state index contributed by atoms with van der Waals surface area (Å²) < 4.78 is 40.2. The molecule has 0 aliphatic carbocycles. The molecule has 4 fully saturated rings. The molecule has 4 heterocycles. The Balaban J connectivity index is 1.63. The van der Waals surface area contributed by atoms with Crippen LogP contribution in [-0.2, 0) is 52.3 Å². The van der Waals surface area contributed by atoms with E-state index in [0.717, 1.165) is 20.8 Å². The Morgan fingerprint density at radius 3 is 1.78 bits per heavy atom. The first-order chi connectivity index (χ1) is 28.1. The molecule has 3 amide bonds. The topological polar surface area (TPSA) is 412 Å². The van der Waals surface area contributed by atoms with Gasteiger partial charge in [-0.05, 0) is 6.92 Å². The molecule has 0 spiro atoms. The van der Waals surface area contributed by atoms with Gasteiger partial charge < -0.3 is 110 Å². The average Bonchev–Trinajstić information content (AvgIpc) is 3.18. The smallest absolute Gasteiger partial charge is 0.364 e. The number of rotatable bonds is 16. The summed E-state index contributed by atoms with van der Waals surface area (Å²) in [4.78, 5) is 49.0. The summed E-state index contributed by atoms with van der Waals surface area (Å²) >= 11 is 0. The molecule has 4 aliphatic rings. The van der Waals surface area contributed by atoms with E-state index in [0.29, 0.717) is 0 Å². The van der Waals surface area contributed by atoms with E-state index < -0.39 is 185 Å². The molecule has 21 atom stereocenters. The van der Waals surface area contributed by atoms with Crippen molar-refractivity contribution in [3.8, 4) is 0 Å². The molecule has 4 aliphatic heterocycles. The highest BCUT2D eigenvalue weighted by molar-refractivity contribution is 5.77. The second-order valence-electron chi connectivity index (χ2n) is 15.1. The van der Waals surface area contributed by atoms with Crippen molar-refractivity contribution in [3.63, 3.8) is 0 Å². The summed E-state index contributed by atoms with van der Waals surface area (Å²) in [6.45, 7) is 1.27. The quantitative estimate of drug-likeness (QED) is 0.0684. The maximum atomic E-state index is 12.9. The van der Waals surface area contributed by atoms with Crippen LogP contribution in [0.25, 0.3) is 0 Å². The second kappa shape index (κ2) is 21.0. The highest BCUT2D eigenvalue weighted by atomic mass is 16.8. The van der Waals surface area contributed by atoms with Gasteiger partial charge in [0.25, 0.3) is 5.79 Å². The molecule has 0 saturated carbocycles. The number of ether oxygens (including phenoxy) is 7. The Labute approximate surface area is 341 Å². The molecule has 4 saturated heterocycles. The minimum atomic E-state index is -3.09. The van der Waals surface area contributed by atoms with Crippen molar-refractivity contribution >= 4 is 23.7 Å². The van der Waals surface area contributed by atoms with Gasteiger partial charge >= 0.3 is 5.97 Å². The monoisotopic (exact) mass is 875 g/mol. The van der Waals surface area contributed by atoms with Crippen LogP contribution in [-0.4, -0.2) is 239 Å². The standard InChI is InChI=1S/C34H57N3O23/c1-10-19(35-11(2)41)28(25(49)18(55-10)9-54-31-21(37-13(4)43)26(50)23(47)16(7-39)56-31)58-32-27(51)30(24(48)17(8-40)57-32)60-34(33(52)53)5-14(44)20(36-12(3)42)29(59-34)22(46)15(45)6-38/h10,14-32,38-40,44-51H,5-9H2,1-4H3,(H,35,41)(H,36,42)(H,37,43)(H,52,53)/t10-,14?,15-,16?,17?,18?,19?,20-,21?,22-,23-,24+,25+,26-,27?,28-,29?,30+,31-,32+,34+/m1/s1. The molecule has 60 heavy (non-hydrogen) atoms. The largest absolute Gasteiger partial charge is 0.477 e. The molecule has 26 heteroatoms. The third kappa shape index (κ3) is 11.0. The molecule has 0 aromatic heterocycles. The van der Waals surface area contributed by atoms with Crippen LogP contribution in [0.3, 0.4) is 0 Å². The van der Waals surface area contributed by atoms with Gasteiger partial charge in [-0.1, -0.05) is 0 Å². The van der Waals surface area contributed by atoms with E-state index in [1.165, 1.54) is 6.92 Å². The molecule has 0 bridgehead atoms. The van der Waals surface area contributed by atoms with Crippen molar-refractivity contribution in [2.24, 2.45) is 0 Å². The van der Waals surface area contributed by atoms with Crippen LogP contribution < -0.4 is 16.0 Å². The van der Waals surface area contributed by atoms with E-state index in [4.69, 9.17) is 33.2 Å². The molecule has 0 aromatic carbocycles. The summed E-state index contributed by atoms with van der Waals surface area (Å²) in [7, 11) is 0. The van der Waals surface area contributed by atoms with Gasteiger partial charge in [0.05, 0.1) is 50.7 Å². The Morgan fingerprint density at radius 1 is 0.700 bits per heavy atom. The molecule has 15 N–H and O–H groups in total. The van der Waals surface area contributed by atoms with Crippen LogP contribution in [0, 0.1) is 0 Å². The highest BCUT2D eigenvalue weighted by Gasteiger charge is 2.60. The third-order valence-electron chi connectivity index (χ3n) is 10.6. The van der Waals surface area contributed by atoms with Crippen molar-refractivity contribution in [2.45, 2.75) is 162 Å². The first kappa shape index (κ1) is 49.8. The lowest BCUT2D eigenvalue weighted by Crippen LogP contribution is -2.71. The van der Waals surface area contributed by atoms with Gasteiger partial charge in [0.2, 0.25) is 17.7 Å². The van der Waals surface area contributed by atoms with Gasteiger partial charge in [-0.15, -0.1) is 0 Å². The summed E-state index contributed by atoms with van der Waals surface area (Å²) in [6, 6.07) is -4.21. The van der Waals surface area contributed by atoms with Crippen molar-refractivity contribution in [1.82, 2.24) is 16.0 Å². The van der Waals surface area contributed by atoms with Crippen molar-refractivity contribution in [1.29, 1.82) is 0 Å². The normalized spacial score (nSPS) is 43.3. The van der Waals surface area contributed by atoms with E-state index in [-0.39, 0.29) is 0 Å². The number of carbonyl (C=O) groups is 4. The number of hydrogen-bond acceptors (Lipinski definition) is 22. The van der Waals surface area contributed by atoms with Crippen LogP contribution in [0.2, 0.25) is 0 Å². The predicted octanol–water partition coefficient (Wildman–Crippen LogP) is -9.04. The highest BCUT2D eigenvalue weighted by Crippen LogP contribution is 2.38. The predicted molar refractivity (Wildman–Crippen MR) is 189 cm³/mol. The fourth-order valence-electron chi connectivity index (χ4n) is 7.60. The maximum absolute atomic E-state index is 12.9. The van der Waals surface area contributed by atoms with Crippen LogP contribution in [0.1, 0.15) is 34.1 Å². The summed E-state index contributed by atoms with van der Waals surface area (Å²) in [6.07, 6.45) is -31.5. The molecule has 0 aromatic rings. The first-order valence-electron chi connectivity index (χ1n) is 19.0. The third-order valence-corrected chi connectivity index (χ3v) is 10.6. The summed E-state index contributed by atoms with van der Waals surface area (Å²) in [5.74, 6) is -7.15. The van der Waals surface area contributed by atoms with Gasteiger partial charge in [0, 0.05) is 27.2 Å². The van der Waals surface area contributed by atoms with Crippen LogP contribution >= 0.6 is 0 Å². The number of aliphatic hydroxyl groups excluding tert-OH is 11. The zero-order valence-corrected chi connectivity index (χ0v) is 32.9. The van der Waals surface area contributed by atoms with Crippen LogP contribution in [0.15, 0.2) is 0 Å². The molecule has 8 unspecified atom stereocenters. The van der Waals surface area contributed by atoms with Gasteiger partial charge in [-0.3, -0.25) is 14.4 Å². The Kier molecular flexibility index (Phi) is 17.5. The first-order valence-corrected chi connectivity index (χ1v) is 19.0. The van der Waals surface area contributed by atoms with Crippen molar-refractivity contribution in [3.05, 3.63) is 0 Å². The molecule has 4 rings (SSSR count). The van der Waals surface area contributed by atoms with E-state index in [2.05, 4.69) is 16.0 Å². The van der Waals surface area contributed by atoms with Crippen molar-refractivity contribution < 1.29 is 114 Å². The zero-order chi connectivity index (χ0) is 45.0. The number of amides is 3. The molecule has 26 nitrogen and oxygen atoms in total. The van der Waals surface area contributed by atoms with Gasteiger partial charge in [0.15, 0.2) is 12.6 Å².